The Morgan fingerprint density at radius 3 is 2.78 bits per heavy atom. The molecular formula is C15H26N2O. The van der Waals surface area contributed by atoms with Crippen molar-refractivity contribution in [2.45, 2.75) is 52.1 Å². The second-order valence-electron chi connectivity index (χ2n) is 5.69. The van der Waals surface area contributed by atoms with Crippen molar-refractivity contribution in [3.05, 3.63) is 23.2 Å². The van der Waals surface area contributed by atoms with Crippen molar-refractivity contribution < 1.29 is 4.42 Å². The molecule has 3 nitrogen and oxygen atoms in total. The summed E-state index contributed by atoms with van der Waals surface area (Å²) in [5.74, 6) is 2.06. The van der Waals surface area contributed by atoms with Gasteiger partial charge in [-0.3, -0.25) is 0 Å². The Hall–Kier alpha value is -0.800. The van der Waals surface area contributed by atoms with Crippen molar-refractivity contribution in [2.24, 2.45) is 0 Å². The summed E-state index contributed by atoms with van der Waals surface area (Å²) in [5.41, 5.74) is 1.31. The molecule has 2 unspecified atom stereocenters. The van der Waals surface area contributed by atoms with Gasteiger partial charge in [0.1, 0.15) is 11.5 Å². The van der Waals surface area contributed by atoms with Crippen LogP contribution >= 0.6 is 0 Å². The van der Waals surface area contributed by atoms with Gasteiger partial charge in [-0.25, -0.2) is 0 Å². The third kappa shape index (κ3) is 3.36. The first kappa shape index (κ1) is 13.6. The number of hydrogen-bond donors (Lipinski definition) is 1. The molecule has 102 valence electrons. The van der Waals surface area contributed by atoms with Crippen LogP contribution in [0.5, 0.6) is 0 Å². The Balaban J connectivity index is 1.94. The second kappa shape index (κ2) is 5.89. The highest BCUT2D eigenvalue weighted by atomic mass is 16.3. The maximum atomic E-state index is 5.62. The topological polar surface area (TPSA) is 28.4 Å². The lowest BCUT2D eigenvalue weighted by Gasteiger charge is -2.22. The number of furan rings is 1. The van der Waals surface area contributed by atoms with Gasteiger partial charge in [0.2, 0.25) is 0 Å². The molecule has 0 amide bonds. The molecule has 2 atom stereocenters. The molecule has 0 saturated carbocycles. The highest BCUT2D eigenvalue weighted by molar-refractivity contribution is 5.23. The number of nitrogens with one attached hydrogen (secondary N) is 1. The van der Waals surface area contributed by atoms with E-state index < -0.39 is 0 Å². The fraction of sp³-hybridized carbons (Fsp3) is 0.733. The van der Waals surface area contributed by atoms with Gasteiger partial charge < -0.3 is 14.6 Å². The maximum absolute atomic E-state index is 5.62. The first-order chi connectivity index (χ1) is 8.56. The summed E-state index contributed by atoms with van der Waals surface area (Å²) < 4.78 is 5.62. The quantitative estimate of drug-likeness (QED) is 0.894. The Morgan fingerprint density at radius 2 is 2.11 bits per heavy atom. The largest absolute Gasteiger partial charge is 0.466 e. The summed E-state index contributed by atoms with van der Waals surface area (Å²) in [4.78, 5) is 2.43. The van der Waals surface area contributed by atoms with Gasteiger partial charge in [0.05, 0.1) is 0 Å². The highest BCUT2D eigenvalue weighted by Crippen LogP contribution is 2.23. The highest BCUT2D eigenvalue weighted by Gasteiger charge is 2.19. The monoisotopic (exact) mass is 250 g/mol. The molecular weight excluding hydrogens is 224 g/mol. The molecule has 1 aromatic rings. The Labute approximate surface area is 111 Å². The molecule has 1 N–H and O–H groups in total. The van der Waals surface area contributed by atoms with Crippen molar-refractivity contribution in [1.82, 2.24) is 10.2 Å². The minimum atomic E-state index is 0.385. The van der Waals surface area contributed by atoms with Crippen LogP contribution in [0.4, 0.5) is 0 Å². The fourth-order valence-electron chi connectivity index (χ4n) is 2.93. The van der Waals surface area contributed by atoms with E-state index in [9.17, 15) is 0 Å². The molecule has 18 heavy (non-hydrogen) atoms. The normalized spacial score (nSPS) is 23.9. The van der Waals surface area contributed by atoms with Crippen LogP contribution in [0.1, 0.15) is 49.3 Å². The van der Waals surface area contributed by atoms with E-state index in [2.05, 4.69) is 37.2 Å². The second-order valence-corrected chi connectivity index (χ2v) is 5.69. The van der Waals surface area contributed by atoms with E-state index in [1.807, 2.05) is 6.92 Å². The Morgan fingerprint density at radius 1 is 1.33 bits per heavy atom. The van der Waals surface area contributed by atoms with Crippen LogP contribution in [0.3, 0.4) is 0 Å². The van der Waals surface area contributed by atoms with Crippen molar-refractivity contribution in [3.8, 4) is 0 Å². The zero-order valence-corrected chi connectivity index (χ0v) is 12.1. The first-order valence-electron chi connectivity index (χ1n) is 7.08. The van der Waals surface area contributed by atoms with E-state index in [0.29, 0.717) is 12.1 Å². The van der Waals surface area contributed by atoms with Crippen LogP contribution < -0.4 is 5.32 Å². The molecule has 3 heteroatoms. The number of aryl methyl sites for hydroxylation is 2. The summed E-state index contributed by atoms with van der Waals surface area (Å²) in [6.45, 7) is 8.75. The molecule has 2 rings (SSSR count). The zero-order valence-electron chi connectivity index (χ0n) is 12.1. The van der Waals surface area contributed by atoms with E-state index in [0.717, 1.165) is 11.5 Å². The molecule has 0 aromatic carbocycles. The fourth-order valence-corrected chi connectivity index (χ4v) is 2.93. The molecule has 1 saturated heterocycles. The minimum absolute atomic E-state index is 0.385. The Bertz CT molecular complexity index is 386. The average molecular weight is 250 g/mol. The predicted octanol–water partition coefficient (Wildman–Crippen LogP) is 3.03. The molecule has 0 aliphatic carbocycles. The van der Waals surface area contributed by atoms with E-state index in [-0.39, 0.29) is 0 Å². The lowest BCUT2D eigenvalue weighted by molar-refractivity contribution is 0.340. The van der Waals surface area contributed by atoms with Gasteiger partial charge in [0.25, 0.3) is 0 Å². The number of nitrogens with zero attached hydrogens (tertiary/aromatic N) is 1. The van der Waals surface area contributed by atoms with E-state index in [1.165, 1.54) is 37.9 Å². The molecule has 1 aliphatic rings. The van der Waals surface area contributed by atoms with E-state index in [1.54, 1.807) is 0 Å². The summed E-state index contributed by atoms with van der Waals surface area (Å²) >= 11 is 0. The lowest BCUT2D eigenvalue weighted by Crippen LogP contribution is -2.32. The maximum Gasteiger partial charge on any atom is 0.105 e. The van der Waals surface area contributed by atoms with Crippen LogP contribution in [-0.4, -0.2) is 31.1 Å². The molecule has 1 aliphatic heterocycles. The predicted molar refractivity (Wildman–Crippen MR) is 74.9 cm³/mol. The standard InChI is InChI=1S/C15H26N2O/c1-11-10-15(13(3)18-11)12(2)16-14-6-5-8-17(4)9-7-14/h10,12,14,16H,5-9H2,1-4H3. The van der Waals surface area contributed by atoms with Crippen molar-refractivity contribution in [1.29, 1.82) is 0 Å². The zero-order chi connectivity index (χ0) is 13.1. The Kier molecular flexibility index (Phi) is 4.46. The average Bonchev–Trinajstić information content (AvgIpc) is 2.51. The molecule has 1 aromatic heterocycles. The van der Waals surface area contributed by atoms with Gasteiger partial charge in [-0.05, 0) is 66.2 Å². The van der Waals surface area contributed by atoms with Gasteiger partial charge in [0, 0.05) is 17.6 Å². The van der Waals surface area contributed by atoms with Crippen molar-refractivity contribution in [3.63, 3.8) is 0 Å². The van der Waals surface area contributed by atoms with Gasteiger partial charge in [0.15, 0.2) is 0 Å². The molecule has 0 radical (unpaired) electrons. The van der Waals surface area contributed by atoms with Crippen molar-refractivity contribution >= 4 is 0 Å². The third-order valence-corrected chi connectivity index (χ3v) is 3.98. The van der Waals surface area contributed by atoms with E-state index in [4.69, 9.17) is 4.42 Å². The molecule has 0 spiro atoms. The number of hydrogen-bond acceptors (Lipinski definition) is 3. The van der Waals surface area contributed by atoms with Crippen LogP contribution in [0.2, 0.25) is 0 Å². The summed E-state index contributed by atoms with van der Waals surface area (Å²) in [7, 11) is 2.22. The molecule has 1 fully saturated rings. The van der Waals surface area contributed by atoms with Gasteiger partial charge in [-0.1, -0.05) is 0 Å². The van der Waals surface area contributed by atoms with Gasteiger partial charge in [-0.15, -0.1) is 0 Å². The van der Waals surface area contributed by atoms with Crippen LogP contribution in [0, 0.1) is 13.8 Å². The molecule has 0 bridgehead atoms. The van der Waals surface area contributed by atoms with Gasteiger partial charge >= 0.3 is 0 Å². The SMILES string of the molecule is Cc1cc(C(C)NC2CCCN(C)CC2)c(C)o1. The van der Waals surface area contributed by atoms with E-state index >= 15 is 0 Å². The van der Waals surface area contributed by atoms with Gasteiger partial charge in [-0.2, -0.15) is 0 Å². The van der Waals surface area contributed by atoms with Crippen LogP contribution in [-0.2, 0) is 0 Å². The lowest BCUT2D eigenvalue weighted by atomic mass is 10.0. The minimum Gasteiger partial charge on any atom is -0.466 e. The third-order valence-electron chi connectivity index (χ3n) is 3.98. The smallest absolute Gasteiger partial charge is 0.105 e. The first-order valence-corrected chi connectivity index (χ1v) is 7.08. The molecule has 2 heterocycles. The van der Waals surface area contributed by atoms with Crippen LogP contribution in [0.15, 0.2) is 10.5 Å². The summed E-state index contributed by atoms with van der Waals surface area (Å²) in [6.07, 6.45) is 3.82. The summed E-state index contributed by atoms with van der Waals surface area (Å²) in [6, 6.07) is 3.19. The summed E-state index contributed by atoms with van der Waals surface area (Å²) in [5, 5.41) is 3.76. The van der Waals surface area contributed by atoms with Crippen LogP contribution in [0.25, 0.3) is 0 Å². The number of rotatable bonds is 3. The number of likely N-dealkylation sites (tertiary alicyclic amines) is 1. The van der Waals surface area contributed by atoms with Crippen molar-refractivity contribution in [2.75, 3.05) is 20.1 Å².